The van der Waals surface area contributed by atoms with Gasteiger partial charge in [-0.1, -0.05) is 6.07 Å². The van der Waals surface area contributed by atoms with Crippen LogP contribution in [0.5, 0.6) is 5.75 Å². The number of likely N-dealkylation sites (tertiary alicyclic amines) is 1. The van der Waals surface area contributed by atoms with Gasteiger partial charge >= 0.3 is 0 Å². The predicted molar refractivity (Wildman–Crippen MR) is 96.5 cm³/mol. The van der Waals surface area contributed by atoms with Crippen molar-refractivity contribution in [1.29, 1.82) is 0 Å². The number of anilines is 1. The molecule has 1 amide bonds. The number of carbonyl (C=O) groups is 1. The van der Waals surface area contributed by atoms with Crippen molar-refractivity contribution < 1.29 is 13.7 Å². The van der Waals surface area contributed by atoms with E-state index in [1.807, 2.05) is 17.0 Å². The van der Waals surface area contributed by atoms with Gasteiger partial charge in [0.1, 0.15) is 11.6 Å². The summed E-state index contributed by atoms with van der Waals surface area (Å²) in [5, 5.41) is 0. The molecule has 134 valence electrons. The highest BCUT2D eigenvalue weighted by Crippen LogP contribution is 2.33. The van der Waals surface area contributed by atoms with E-state index in [4.69, 9.17) is 10.5 Å². The lowest BCUT2D eigenvalue weighted by Gasteiger charge is -2.33. The summed E-state index contributed by atoms with van der Waals surface area (Å²) in [7, 11) is 0. The summed E-state index contributed by atoms with van der Waals surface area (Å²) >= 11 is -1.54. The van der Waals surface area contributed by atoms with Crippen LogP contribution in [-0.2, 0) is 16.0 Å². The molecule has 1 aromatic rings. The quantitative estimate of drug-likeness (QED) is 0.846. The summed E-state index contributed by atoms with van der Waals surface area (Å²) in [6.45, 7) is 2.15. The maximum absolute atomic E-state index is 12.3. The Balaban J connectivity index is 1.42. The highest BCUT2D eigenvalue weighted by atomic mass is 32.2. The van der Waals surface area contributed by atoms with E-state index >= 15 is 0 Å². The molecule has 25 heavy (non-hydrogen) atoms. The second-order valence-corrected chi connectivity index (χ2v) is 7.77. The van der Waals surface area contributed by atoms with E-state index in [0.29, 0.717) is 35.4 Å². The summed E-state index contributed by atoms with van der Waals surface area (Å²) in [5.74, 6) is 1.75. The van der Waals surface area contributed by atoms with E-state index in [1.54, 1.807) is 6.07 Å². The third-order valence-electron chi connectivity index (χ3n) is 4.89. The summed E-state index contributed by atoms with van der Waals surface area (Å²) in [5.41, 5.74) is 7.25. The molecule has 0 radical (unpaired) electrons. The third kappa shape index (κ3) is 3.49. The summed E-state index contributed by atoms with van der Waals surface area (Å²) in [6, 6.07) is 5.48. The number of carbonyl (C=O) groups excluding carboxylic acids is 1. The molecule has 3 N–H and O–H groups in total. The van der Waals surface area contributed by atoms with Crippen molar-refractivity contribution in [3.63, 3.8) is 0 Å². The van der Waals surface area contributed by atoms with Gasteiger partial charge in [-0.25, -0.2) is 4.21 Å². The number of ether oxygens (including phenoxy) is 1. The number of nitrogens with two attached hydrogens (primary N) is 1. The zero-order valence-corrected chi connectivity index (χ0v) is 14.8. The Morgan fingerprint density at radius 2 is 2.24 bits per heavy atom. The molecule has 7 nitrogen and oxygen atoms in total. The number of amides is 1. The normalized spacial score (nSPS) is 25.6. The molecule has 2 aliphatic heterocycles. The van der Waals surface area contributed by atoms with Crippen molar-refractivity contribution in [2.75, 3.05) is 24.4 Å². The number of benzene rings is 1. The van der Waals surface area contributed by atoms with Crippen LogP contribution in [0.2, 0.25) is 0 Å². The molecule has 0 bridgehead atoms. The van der Waals surface area contributed by atoms with Gasteiger partial charge in [0.2, 0.25) is 17.1 Å². The van der Waals surface area contributed by atoms with Gasteiger partial charge in [0.05, 0.1) is 17.9 Å². The van der Waals surface area contributed by atoms with E-state index in [1.165, 1.54) is 0 Å². The fourth-order valence-corrected chi connectivity index (χ4v) is 4.12. The first-order valence-electron chi connectivity index (χ1n) is 8.69. The molecule has 1 saturated carbocycles. The number of nitrogens with one attached hydrogen (secondary N) is 1. The van der Waals surface area contributed by atoms with Crippen LogP contribution >= 0.6 is 0 Å². The number of nitrogens with zero attached hydrogens (tertiary/aromatic N) is 2. The topological polar surface area (TPSA) is 97.0 Å². The van der Waals surface area contributed by atoms with Gasteiger partial charge in [0.15, 0.2) is 0 Å². The molecule has 2 unspecified atom stereocenters. The van der Waals surface area contributed by atoms with Crippen molar-refractivity contribution in [2.24, 2.45) is 22.0 Å². The average molecular weight is 362 g/mol. The molecular formula is C17H22N4O3S. The monoisotopic (exact) mass is 362 g/mol. The zero-order valence-electron chi connectivity index (χ0n) is 13.9. The van der Waals surface area contributed by atoms with Crippen molar-refractivity contribution in [2.45, 2.75) is 25.7 Å². The molecule has 4 rings (SSSR count). The second kappa shape index (κ2) is 6.67. The smallest absolute Gasteiger partial charge is 0.245 e. The van der Waals surface area contributed by atoms with Crippen LogP contribution < -0.4 is 15.2 Å². The van der Waals surface area contributed by atoms with Crippen LogP contribution in [0.4, 0.5) is 5.69 Å². The highest BCUT2D eigenvalue weighted by Gasteiger charge is 2.35. The molecular weight excluding hydrogens is 340 g/mol. The number of hydrogen-bond donors (Lipinski definition) is 2. The van der Waals surface area contributed by atoms with Crippen LogP contribution in [0.3, 0.4) is 0 Å². The molecule has 0 spiro atoms. The maximum atomic E-state index is 12.3. The molecule has 1 aliphatic carbocycles. The Bertz CT molecular complexity index is 747. The van der Waals surface area contributed by atoms with Crippen LogP contribution in [-0.4, -0.2) is 40.5 Å². The lowest BCUT2D eigenvalue weighted by atomic mass is 9.98. The first-order valence-corrected chi connectivity index (χ1v) is 9.80. The minimum atomic E-state index is -1.54. The van der Waals surface area contributed by atoms with Crippen molar-refractivity contribution >= 4 is 28.6 Å². The fraction of sp³-hybridized carbons (Fsp3) is 0.529. The summed E-state index contributed by atoms with van der Waals surface area (Å²) < 4.78 is 24.2. The minimum Gasteiger partial charge on any atom is -0.492 e. The maximum Gasteiger partial charge on any atom is 0.245 e. The molecule has 2 atom stereocenters. The summed E-state index contributed by atoms with van der Waals surface area (Å²) in [6.07, 6.45) is 4.15. The standard InChI is InChI=1S/C17H22N4O3S/c18-16-15-13(19-25(23)20-16)4-1-5-14(15)24-10-11-3-2-8-21(9-11)17(22)12-6-7-12/h1,4-5,11-12,19H,2-3,6-10H2,(H2,18,20). The lowest BCUT2D eigenvalue weighted by molar-refractivity contribution is -0.134. The Kier molecular flexibility index (Phi) is 4.37. The van der Waals surface area contributed by atoms with Crippen molar-refractivity contribution in [3.05, 3.63) is 23.8 Å². The highest BCUT2D eigenvalue weighted by molar-refractivity contribution is 7.85. The summed E-state index contributed by atoms with van der Waals surface area (Å²) in [4.78, 5) is 14.3. The molecule has 8 heteroatoms. The molecule has 2 fully saturated rings. The molecule has 3 aliphatic rings. The predicted octanol–water partition coefficient (Wildman–Crippen LogP) is 1.42. The van der Waals surface area contributed by atoms with Gasteiger partial charge < -0.3 is 15.4 Å². The Morgan fingerprint density at radius 3 is 3.04 bits per heavy atom. The Labute approximate surface area is 149 Å². The van der Waals surface area contributed by atoms with Crippen molar-refractivity contribution in [1.82, 2.24) is 4.90 Å². The Hall–Kier alpha value is -2.09. The first-order chi connectivity index (χ1) is 12.1. The van der Waals surface area contributed by atoms with Crippen LogP contribution in [0, 0.1) is 11.8 Å². The fourth-order valence-electron chi connectivity index (χ4n) is 3.45. The van der Waals surface area contributed by atoms with E-state index in [9.17, 15) is 9.00 Å². The van der Waals surface area contributed by atoms with Crippen LogP contribution in [0.25, 0.3) is 0 Å². The SMILES string of the molecule is NC1=NS(=O)Nc2cccc(OCC3CCCN(C(=O)C4CC4)C3)c21. The van der Waals surface area contributed by atoms with Crippen LogP contribution in [0.15, 0.2) is 22.6 Å². The van der Waals surface area contributed by atoms with Gasteiger partial charge in [-0.15, -0.1) is 0 Å². The number of rotatable bonds is 4. The minimum absolute atomic E-state index is 0.219. The van der Waals surface area contributed by atoms with E-state index in [0.717, 1.165) is 38.8 Å². The van der Waals surface area contributed by atoms with Crippen molar-refractivity contribution in [3.8, 4) is 5.75 Å². The number of piperidine rings is 1. The van der Waals surface area contributed by atoms with Gasteiger partial charge in [-0.2, -0.15) is 4.40 Å². The molecule has 1 aromatic carbocycles. The van der Waals surface area contributed by atoms with Gasteiger partial charge in [-0.3, -0.25) is 9.52 Å². The Morgan fingerprint density at radius 1 is 1.40 bits per heavy atom. The van der Waals surface area contributed by atoms with E-state index in [-0.39, 0.29) is 11.8 Å². The first kappa shape index (κ1) is 16.4. The van der Waals surface area contributed by atoms with Gasteiger partial charge in [0, 0.05) is 24.9 Å². The van der Waals surface area contributed by atoms with Gasteiger partial charge in [0.25, 0.3) is 0 Å². The molecule has 1 saturated heterocycles. The van der Waals surface area contributed by atoms with Crippen LogP contribution in [0.1, 0.15) is 31.2 Å². The van der Waals surface area contributed by atoms with E-state index < -0.39 is 11.2 Å². The van der Waals surface area contributed by atoms with E-state index in [2.05, 4.69) is 9.12 Å². The molecule has 0 aromatic heterocycles. The number of hydrogen-bond acceptors (Lipinski definition) is 4. The number of fused-ring (bicyclic) bond motifs is 1. The number of amidine groups is 1. The van der Waals surface area contributed by atoms with Gasteiger partial charge in [-0.05, 0) is 37.8 Å². The second-order valence-electron chi connectivity index (χ2n) is 6.88. The molecule has 2 heterocycles. The average Bonchev–Trinajstić information content (AvgIpc) is 3.44. The zero-order chi connectivity index (χ0) is 17.4. The third-order valence-corrected chi connectivity index (χ3v) is 5.65. The largest absolute Gasteiger partial charge is 0.492 e. The lowest BCUT2D eigenvalue weighted by Crippen LogP contribution is -2.42.